The van der Waals surface area contributed by atoms with Crippen LogP contribution in [-0.2, 0) is 14.3 Å². The minimum atomic E-state index is -1.01. The average Bonchev–Trinajstić information content (AvgIpc) is 3.30. The molecule has 35 heavy (non-hydrogen) atoms. The number of nitrogens with zero attached hydrogens (tertiary/aromatic N) is 1. The molecule has 1 saturated heterocycles. The average molecular weight is 479 g/mol. The highest BCUT2D eigenvalue weighted by atomic mass is 16.5. The lowest BCUT2D eigenvalue weighted by Gasteiger charge is -2.33. The van der Waals surface area contributed by atoms with E-state index in [0.717, 1.165) is 22.3 Å². The van der Waals surface area contributed by atoms with E-state index in [1.165, 1.54) is 0 Å². The number of carbonyl (C=O) groups excluding carboxylic acids is 2. The van der Waals surface area contributed by atoms with Gasteiger partial charge in [0.1, 0.15) is 12.6 Å². The summed E-state index contributed by atoms with van der Waals surface area (Å²) in [6.07, 6.45) is -0.659. The van der Waals surface area contributed by atoms with Gasteiger partial charge in [0.2, 0.25) is 5.91 Å². The maximum absolute atomic E-state index is 13.4. The molecular weight excluding hydrogens is 444 g/mol. The maximum Gasteiger partial charge on any atom is 0.407 e. The SMILES string of the molecule is C[C@@H]1CN(C(=O)[C@@H](NC(=O)OCC2c3ccccc3-c3ccccc32)C(C)(C)C)C[C@@]1(C)C(=O)O. The van der Waals surface area contributed by atoms with Crippen molar-refractivity contribution in [2.75, 3.05) is 19.7 Å². The predicted octanol–water partition coefficient (Wildman–Crippen LogP) is 4.51. The summed E-state index contributed by atoms with van der Waals surface area (Å²) >= 11 is 0. The lowest BCUT2D eigenvalue weighted by molar-refractivity contribution is -0.149. The highest BCUT2D eigenvalue weighted by molar-refractivity contribution is 5.88. The van der Waals surface area contributed by atoms with E-state index in [9.17, 15) is 19.5 Å². The number of alkyl carbamates (subject to hydrolysis) is 1. The number of carbonyl (C=O) groups is 3. The molecule has 186 valence electrons. The van der Waals surface area contributed by atoms with Crippen LogP contribution >= 0.6 is 0 Å². The monoisotopic (exact) mass is 478 g/mol. The van der Waals surface area contributed by atoms with Gasteiger partial charge in [0.25, 0.3) is 0 Å². The molecule has 2 aliphatic rings. The summed E-state index contributed by atoms with van der Waals surface area (Å²) in [4.78, 5) is 39.7. The predicted molar refractivity (Wildman–Crippen MR) is 133 cm³/mol. The number of likely N-dealkylation sites (tertiary alicyclic amines) is 1. The number of carboxylic acids is 1. The van der Waals surface area contributed by atoms with E-state index in [-0.39, 0.29) is 30.9 Å². The van der Waals surface area contributed by atoms with Gasteiger partial charge in [0.15, 0.2) is 0 Å². The second kappa shape index (κ2) is 9.02. The summed E-state index contributed by atoms with van der Waals surface area (Å²) in [6.45, 7) is 9.72. The zero-order valence-electron chi connectivity index (χ0n) is 21.0. The number of benzene rings is 2. The van der Waals surface area contributed by atoms with Crippen molar-refractivity contribution in [2.24, 2.45) is 16.7 Å². The molecule has 7 nitrogen and oxygen atoms in total. The first-order valence-corrected chi connectivity index (χ1v) is 12.1. The normalized spacial score (nSPS) is 22.3. The van der Waals surface area contributed by atoms with Gasteiger partial charge in [-0.2, -0.15) is 0 Å². The highest BCUT2D eigenvalue weighted by Crippen LogP contribution is 2.44. The molecule has 1 aliphatic carbocycles. The van der Waals surface area contributed by atoms with Crippen molar-refractivity contribution in [1.82, 2.24) is 10.2 Å². The molecule has 2 aromatic carbocycles. The number of fused-ring (bicyclic) bond motifs is 3. The lowest BCUT2D eigenvalue weighted by Crippen LogP contribution is -2.54. The van der Waals surface area contributed by atoms with E-state index in [4.69, 9.17) is 4.74 Å². The Balaban J connectivity index is 1.46. The highest BCUT2D eigenvalue weighted by Gasteiger charge is 2.50. The van der Waals surface area contributed by atoms with Gasteiger partial charge in [-0.25, -0.2) is 4.79 Å². The Morgan fingerprint density at radius 1 is 1.09 bits per heavy atom. The third kappa shape index (κ3) is 4.51. The van der Waals surface area contributed by atoms with Crippen molar-refractivity contribution in [2.45, 2.75) is 46.6 Å². The number of amides is 2. The molecule has 0 bridgehead atoms. The van der Waals surface area contributed by atoms with E-state index >= 15 is 0 Å². The molecule has 1 aliphatic heterocycles. The van der Waals surface area contributed by atoms with Crippen molar-refractivity contribution in [3.8, 4) is 11.1 Å². The van der Waals surface area contributed by atoms with Crippen LogP contribution in [-0.4, -0.2) is 53.7 Å². The topological polar surface area (TPSA) is 95.9 Å². The van der Waals surface area contributed by atoms with Crippen molar-refractivity contribution in [1.29, 1.82) is 0 Å². The van der Waals surface area contributed by atoms with Gasteiger partial charge in [-0.3, -0.25) is 9.59 Å². The molecule has 0 saturated carbocycles. The number of nitrogens with one attached hydrogen (secondary N) is 1. The van der Waals surface area contributed by atoms with Crippen molar-refractivity contribution >= 4 is 18.0 Å². The van der Waals surface area contributed by atoms with Gasteiger partial charge in [-0.05, 0) is 40.5 Å². The second-order valence-corrected chi connectivity index (χ2v) is 11.1. The summed E-state index contributed by atoms with van der Waals surface area (Å²) in [5.74, 6) is -1.48. The molecule has 2 amide bonds. The van der Waals surface area contributed by atoms with Crippen LogP contribution in [0.25, 0.3) is 11.1 Å². The molecule has 3 atom stereocenters. The van der Waals surface area contributed by atoms with Crippen LogP contribution in [0.5, 0.6) is 0 Å². The van der Waals surface area contributed by atoms with Gasteiger partial charge >= 0.3 is 12.1 Å². The zero-order chi connectivity index (χ0) is 25.5. The molecule has 7 heteroatoms. The van der Waals surface area contributed by atoms with Gasteiger partial charge in [0, 0.05) is 19.0 Å². The molecule has 0 unspecified atom stereocenters. The molecular formula is C28H34N2O5. The first-order valence-electron chi connectivity index (χ1n) is 12.1. The quantitative estimate of drug-likeness (QED) is 0.659. The number of carboxylic acid groups (broad SMARTS) is 1. The molecule has 1 fully saturated rings. The minimum absolute atomic E-state index is 0.0763. The molecule has 0 spiro atoms. The van der Waals surface area contributed by atoms with Gasteiger partial charge in [0.05, 0.1) is 5.41 Å². The van der Waals surface area contributed by atoms with E-state index in [0.29, 0.717) is 6.54 Å². The molecule has 1 heterocycles. The van der Waals surface area contributed by atoms with Crippen LogP contribution in [0.2, 0.25) is 0 Å². The Hall–Kier alpha value is -3.35. The summed E-state index contributed by atoms with van der Waals surface area (Å²) in [5, 5.41) is 12.4. The summed E-state index contributed by atoms with van der Waals surface area (Å²) < 4.78 is 5.66. The van der Waals surface area contributed by atoms with Gasteiger partial charge in [-0.15, -0.1) is 0 Å². The number of hydrogen-bond acceptors (Lipinski definition) is 4. The molecule has 0 aromatic heterocycles. The van der Waals surface area contributed by atoms with Gasteiger partial charge in [-0.1, -0.05) is 76.2 Å². The fourth-order valence-electron chi connectivity index (χ4n) is 5.18. The van der Waals surface area contributed by atoms with E-state index < -0.39 is 28.9 Å². The molecule has 2 aromatic rings. The minimum Gasteiger partial charge on any atom is -0.481 e. The third-order valence-corrected chi connectivity index (χ3v) is 7.62. The first kappa shape index (κ1) is 24.8. The largest absolute Gasteiger partial charge is 0.481 e. The van der Waals surface area contributed by atoms with Crippen molar-refractivity contribution < 1.29 is 24.2 Å². The maximum atomic E-state index is 13.4. The number of hydrogen-bond donors (Lipinski definition) is 2. The summed E-state index contributed by atoms with van der Waals surface area (Å²) in [5.41, 5.74) is 2.91. The Morgan fingerprint density at radius 2 is 1.63 bits per heavy atom. The first-order chi connectivity index (χ1) is 16.4. The fourth-order valence-corrected chi connectivity index (χ4v) is 5.18. The van der Waals surface area contributed by atoms with Crippen molar-refractivity contribution in [3.63, 3.8) is 0 Å². The number of aliphatic carboxylic acids is 1. The summed E-state index contributed by atoms with van der Waals surface area (Å²) in [7, 11) is 0. The molecule has 4 rings (SSSR count). The molecule has 2 N–H and O–H groups in total. The van der Waals surface area contributed by atoms with Crippen LogP contribution in [0, 0.1) is 16.7 Å². The van der Waals surface area contributed by atoms with Crippen LogP contribution < -0.4 is 5.32 Å². The summed E-state index contributed by atoms with van der Waals surface area (Å²) in [6, 6.07) is 15.4. The smallest absolute Gasteiger partial charge is 0.407 e. The fraction of sp³-hybridized carbons (Fsp3) is 0.464. The van der Waals surface area contributed by atoms with Gasteiger partial charge < -0.3 is 20.1 Å². The Morgan fingerprint density at radius 3 is 2.11 bits per heavy atom. The molecule has 0 radical (unpaired) electrons. The van der Waals surface area contributed by atoms with E-state index in [2.05, 4.69) is 29.6 Å². The standard InChI is InChI=1S/C28H34N2O5/c1-17-14-30(16-28(17,5)25(32)33)24(31)23(27(2,3)4)29-26(34)35-15-22-20-12-8-6-10-18(20)19-11-7-9-13-21(19)22/h6-13,17,22-23H,14-16H2,1-5H3,(H,29,34)(H,32,33)/t17-,23-,28-/m1/s1. The Kier molecular flexibility index (Phi) is 6.38. The van der Waals surface area contributed by atoms with E-state index in [1.807, 2.05) is 52.0 Å². The number of ether oxygens (including phenoxy) is 1. The van der Waals surface area contributed by atoms with Crippen LogP contribution in [0.3, 0.4) is 0 Å². The van der Waals surface area contributed by atoms with Crippen molar-refractivity contribution in [3.05, 3.63) is 59.7 Å². The number of rotatable bonds is 5. The third-order valence-electron chi connectivity index (χ3n) is 7.62. The zero-order valence-corrected chi connectivity index (χ0v) is 21.0. The van der Waals surface area contributed by atoms with E-state index in [1.54, 1.807) is 11.8 Å². The van der Waals surface area contributed by atoms with Crippen LogP contribution in [0.15, 0.2) is 48.5 Å². The van der Waals surface area contributed by atoms with Crippen LogP contribution in [0.1, 0.15) is 51.7 Å². The van der Waals surface area contributed by atoms with Crippen LogP contribution in [0.4, 0.5) is 4.79 Å². The Labute approximate surface area is 206 Å². The Bertz CT molecular complexity index is 1110. The lowest BCUT2D eigenvalue weighted by atomic mass is 9.81. The second-order valence-electron chi connectivity index (χ2n) is 11.1.